The van der Waals surface area contributed by atoms with Crippen molar-refractivity contribution >= 4 is 28.8 Å². The van der Waals surface area contributed by atoms with Gasteiger partial charge < -0.3 is 5.11 Å². The van der Waals surface area contributed by atoms with Gasteiger partial charge in [-0.15, -0.1) is 0 Å². The van der Waals surface area contributed by atoms with Gasteiger partial charge in [0.1, 0.15) is 0 Å². The molecule has 114 valence electrons. The van der Waals surface area contributed by atoms with E-state index in [2.05, 4.69) is 15.5 Å². The van der Waals surface area contributed by atoms with E-state index in [0.717, 1.165) is 27.8 Å². The van der Waals surface area contributed by atoms with Crippen LogP contribution in [0.5, 0.6) is 0 Å². The summed E-state index contributed by atoms with van der Waals surface area (Å²) in [5.74, 6) is -0.939. The van der Waals surface area contributed by atoms with E-state index in [0.29, 0.717) is 0 Å². The molecule has 0 spiro atoms. The third-order valence-corrected chi connectivity index (χ3v) is 3.40. The Bertz CT molecular complexity index is 886. The number of carboxylic acid groups (broad SMARTS) is 1. The highest BCUT2D eigenvalue weighted by Crippen LogP contribution is 2.22. The standard InChI is InChI=1S/C18H15N3O2/c1-12-10-17(15-4-2-3-5-16(15)20-12)21-19-11-13-6-8-14(9-7-13)18(22)23/h2-11H,1H3,(H,20,21)(H,22,23)/b19-11+. The van der Waals surface area contributed by atoms with Crippen molar-refractivity contribution in [1.29, 1.82) is 0 Å². The fraction of sp³-hybridized carbons (Fsp3) is 0.0556. The maximum absolute atomic E-state index is 10.8. The van der Waals surface area contributed by atoms with Crippen molar-refractivity contribution in [3.05, 3.63) is 71.4 Å². The first-order chi connectivity index (χ1) is 11.1. The van der Waals surface area contributed by atoms with Crippen molar-refractivity contribution < 1.29 is 9.90 Å². The fourth-order valence-electron chi connectivity index (χ4n) is 2.29. The number of carboxylic acids is 1. The largest absolute Gasteiger partial charge is 0.478 e. The number of para-hydroxylation sites is 1. The lowest BCUT2D eigenvalue weighted by molar-refractivity contribution is 0.0697. The number of carbonyl (C=O) groups is 1. The second-order valence-electron chi connectivity index (χ2n) is 5.13. The summed E-state index contributed by atoms with van der Waals surface area (Å²) in [5, 5.41) is 14.1. The summed E-state index contributed by atoms with van der Waals surface area (Å²) >= 11 is 0. The first-order valence-corrected chi connectivity index (χ1v) is 7.12. The number of rotatable bonds is 4. The van der Waals surface area contributed by atoms with E-state index >= 15 is 0 Å². The Kier molecular flexibility index (Phi) is 4.01. The number of nitrogens with one attached hydrogen (secondary N) is 1. The number of aryl methyl sites for hydroxylation is 1. The van der Waals surface area contributed by atoms with Gasteiger partial charge in [0.15, 0.2) is 0 Å². The van der Waals surface area contributed by atoms with E-state index in [4.69, 9.17) is 5.11 Å². The third kappa shape index (κ3) is 3.35. The van der Waals surface area contributed by atoms with Gasteiger partial charge in [-0.1, -0.05) is 30.3 Å². The van der Waals surface area contributed by atoms with Gasteiger partial charge in [0.05, 0.1) is 23.0 Å². The van der Waals surface area contributed by atoms with Crippen molar-refractivity contribution in [2.24, 2.45) is 5.10 Å². The van der Waals surface area contributed by atoms with Crippen molar-refractivity contribution in [1.82, 2.24) is 4.98 Å². The predicted octanol–water partition coefficient (Wildman–Crippen LogP) is 3.69. The Balaban J connectivity index is 1.81. The van der Waals surface area contributed by atoms with Crippen LogP contribution >= 0.6 is 0 Å². The highest BCUT2D eigenvalue weighted by atomic mass is 16.4. The van der Waals surface area contributed by atoms with Crippen molar-refractivity contribution in [2.75, 3.05) is 5.43 Å². The average molecular weight is 305 g/mol. The maximum Gasteiger partial charge on any atom is 0.335 e. The molecule has 5 nitrogen and oxygen atoms in total. The molecule has 5 heteroatoms. The lowest BCUT2D eigenvalue weighted by atomic mass is 10.1. The van der Waals surface area contributed by atoms with E-state index in [1.807, 2.05) is 37.3 Å². The highest BCUT2D eigenvalue weighted by Gasteiger charge is 2.03. The molecule has 2 N–H and O–H groups in total. The van der Waals surface area contributed by atoms with Crippen molar-refractivity contribution in [3.63, 3.8) is 0 Å². The van der Waals surface area contributed by atoms with E-state index in [1.54, 1.807) is 30.5 Å². The van der Waals surface area contributed by atoms with Crippen LogP contribution in [-0.4, -0.2) is 22.3 Å². The van der Waals surface area contributed by atoms with Crippen LogP contribution in [0, 0.1) is 6.92 Å². The Morgan fingerprint density at radius 3 is 2.65 bits per heavy atom. The number of anilines is 1. The number of aromatic nitrogens is 1. The van der Waals surface area contributed by atoms with Gasteiger partial charge in [0.25, 0.3) is 0 Å². The number of hydrazone groups is 1. The molecule has 0 unspecified atom stereocenters. The number of benzene rings is 2. The number of hydrogen-bond acceptors (Lipinski definition) is 4. The Morgan fingerprint density at radius 1 is 1.17 bits per heavy atom. The zero-order valence-corrected chi connectivity index (χ0v) is 12.5. The molecule has 2 aromatic carbocycles. The summed E-state index contributed by atoms with van der Waals surface area (Å²) in [4.78, 5) is 15.3. The van der Waals surface area contributed by atoms with Gasteiger partial charge in [0.2, 0.25) is 0 Å². The molecule has 0 amide bonds. The number of hydrogen-bond donors (Lipinski definition) is 2. The molecular weight excluding hydrogens is 290 g/mol. The maximum atomic E-state index is 10.8. The lowest BCUT2D eigenvalue weighted by Crippen LogP contribution is -1.97. The Labute approximate surface area is 133 Å². The van der Waals surface area contributed by atoms with Crippen LogP contribution < -0.4 is 5.43 Å². The van der Waals surface area contributed by atoms with Gasteiger partial charge in [0, 0.05) is 11.1 Å². The molecule has 3 aromatic rings. The molecule has 0 fully saturated rings. The summed E-state index contributed by atoms with van der Waals surface area (Å²) in [6.07, 6.45) is 1.65. The minimum atomic E-state index is -0.939. The zero-order chi connectivity index (χ0) is 16.2. The summed E-state index contributed by atoms with van der Waals surface area (Å²) in [6.45, 7) is 1.94. The number of nitrogens with zero attached hydrogens (tertiary/aromatic N) is 2. The molecule has 0 bridgehead atoms. The predicted molar refractivity (Wildman–Crippen MR) is 91.1 cm³/mol. The zero-order valence-electron chi connectivity index (χ0n) is 12.5. The molecule has 0 saturated carbocycles. The first kappa shape index (κ1) is 14.7. The summed E-state index contributed by atoms with van der Waals surface area (Å²) in [6, 6.07) is 16.3. The summed E-state index contributed by atoms with van der Waals surface area (Å²) in [7, 11) is 0. The quantitative estimate of drug-likeness (QED) is 0.569. The van der Waals surface area contributed by atoms with E-state index in [1.165, 1.54) is 0 Å². The summed E-state index contributed by atoms with van der Waals surface area (Å²) < 4.78 is 0. The summed E-state index contributed by atoms with van der Waals surface area (Å²) in [5.41, 5.74) is 6.80. The lowest BCUT2D eigenvalue weighted by Gasteiger charge is -2.06. The van der Waals surface area contributed by atoms with Gasteiger partial charge in [-0.2, -0.15) is 5.10 Å². The minimum absolute atomic E-state index is 0.255. The van der Waals surface area contributed by atoms with Gasteiger partial charge in [-0.25, -0.2) is 4.79 Å². The Morgan fingerprint density at radius 2 is 1.91 bits per heavy atom. The molecule has 3 rings (SSSR count). The van der Waals surface area contributed by atoms with Crippen LogP contribution in [0.15, 0.2) is 59.7 Å². The molecule has 0 aliphatic rings. The number of aromatic carboxylic acids is 1. The van der Waals surface area contributed by atoms with Gasteiger partial charge >= 0.3 is 5.97 Å². The molecule has 23 heavy (non-hydrogen) atoms. The molecular formula is C18H15N3O2. The third-order valence-electron chi connectivity index (χ3n) is 3.40. The second kappa shape index (κ2) is 6.27. The number of fused-ring (bicyclic) bond motifs is 1. The molecule has 0 saturated heterocycles. The monoisotopic (exact) mass is 305 g/mol. The Hall–Kier alpha value is -3.21. The highest BCUT2D eigenvalue weighted by molar-refractivity contribution is 5.92. The molecule has 0 radical (unpaired) electrons. The SMILES string of the molecule is Cc1cc(N/N=C/c2ccc(C(=O)O)cc2)c2ccccc2n1. The van der Waals surface area contributed by atoms with E-state index in [-0.39, 0.29) is 5.56 Å². The first-order valence-electron chi connectivity index (χ1n) is 7.12. The topological polar surface area (TPSA) is 74.6 Å². The van der Waals surface area contributed by atoms with Crippen molar-refractivity contribution in [3.8, 4) is 0 Å². The van der Waals surface area contributed by atoms with Crippen LogP contribution in [0.25, 0.3) is 10.9 Å². The number of pyridine rings is 1. The average Bonchev–Trinajstić information content (AvgIpc) is 2.55. The molecule has 0 aliphatic carbocycles. The second-order valence-corrected chi connectivity index (χ2v) is 5.13. The van der Waals surface area contributed by atoms with Crippen LogP contribution in [0.4, 0.5) is 5.69 Å². The smallest absolute Gasteiger partial charge is 0.335 e. The molecule has 1 heterocycles. The van der Waals surface area contributed by atoms with Gasteiger partial charge in [-0.05, 0) is 36.8 Å². The fourth-order valence-corrected chi connectivity index (χ4v) is 2.29. The minimum Gasteiger partial charge on any atom is -0.478 e. The van der Waals surface area contributed by atoms with Gasteiger partial charge in [-0.3, -0.25) is 10.4 Å². The van der Waals surface area contributed by atoms with E-state index in [9.17, 15) is 4.79 Å². The van der Waals surface area contributed by atoms with Crippen molar-refractivity contribution in [2.45, 2.75) is 6.92 Å². The van der Waals surface area contributed by atoms with E-state index < -0.39 is 5.97 Å². The molecule has 0 aliphatic heterocycles. The normalized spacial score (nSPS) is 11.0. The van der Waals surface area contributed by atoms with Crippen LogP contribution in [0.1, 0.15) is 21.6 Å². The molecule has 1 aromatic heterocycles. The van der Waals surface area contributed by atoms with Crippen LogP contribution in [0.3, 0.4) is 0 Å². The van der Waals surface area contributed by atoms with Crippen LogP contribution in [0.2, 0.25) is 0 Å². The molecule has 0 atom stereocenters. The van der Waals surface area contributed by atoms with Crippen LogP contribution in [-0.2, 0) is 0 Å².